The minimum absolute atomic E-state index is 0.00835. The molecule has 1 rings (SSSR count). The Morgan fingerprint density at radius 3 is 2.38 bits per heavy atom. The minimum Gasteiger partial charge on any atom is -0.462 e. The number of primary sulfonamides is 1. The van der Waals surface area contributed by atoms with Crippen LogP contribution in [0, 0.1) is 0 Å². The number of esters is 1. The summed E-state index contributed by atoms with van der Waals surface area (Å²) in [4.78, 5) is 11.7. The molecule has 0 fully saturated rings. The molecule has 0 atom stereocenters. The molecular formula is C15H23NO4S. The Morgan fingerprint density at radius 1 is 1.10 bits per heavy atom. The molecule has 0 aliphatic carbocycles. The van der Waals surface area contributed by atoms with Crippen molar-refractivity contribution in [1.82, 2.24) is 0 Å². The van der Waals surface area contributed by atoms with E-state index in [2.05, 4.69) is 6.92 Å². The number of ether oxygens (including phenoxy) is 1. The van der Waals surface area contributed by atoms with Gasteiger partial charge in [0.25, 0.3) is 0 Å². The van der Waals surface area contributed by atoms with Gasteiger partial charge >= 0.3 is 5.97 Å². The van der Waals surface area contributed by atoms with Crippen LogP contribution in [-0.4, -0.2) is 21.0 Å². The first-order chi connectivity index (χ1) is 9.96. The molecular weight excluding hydrogens is 290 g/mol. The van der Waals surface area contributed by atoms with Gasteiger partial charge in [-0.15, -0.1) is 0 Å². The topological polar surface area (TPSA) is 86.5 Å². The number of hydrogen-bond donors (Lipinski definition) is 1. The van der Waals surface area contributed by atoms with Gasteiger partial charge in [-0.05, 0) is 18.6 Å². The van der Waals surface area contributed by atoms with Gasteiger partial charge in [-0.3, -0.25) is 0 Å². The predicted molar refractivity (Wildman–Crippen MR) is 81.5 cm³/mol. The second-order valence-corrected chi connectivity index (χ2v) is 6.47. The van der Waals surface area contributed by atoms with E-state index in [0.29, 0.717) is 6.61 Å². The molecule has 21 heavy (non-hydrogen) atoms. The van der Waals surface area contributed by atoms with E-state index in [0.717, 1.165) is 19.3 Å². The summed E-state index contributed by atoms with van der Waals surface area (Å²) in [5, 5.41) is 5.08. The van der Waals surface area contributed by atoms with Crippen molar-refractivity contribution in [3.05, 3.63) is 29.8 Å². The zero-order valence-electron chi connectivity index (χ0n) is 12.4. The Morgan fingerprint density at radius 2 is 1.71 bits per heavy atom. The number of nitrogens with two attached hydrogens (primary N) is 1. The zero-order valence-corrected chi connectivity index (χ0v) is 13.2. The van der Waals surface area contributed by atoms with Crippen LogP contribution in [0.4, 0.5) is 0 Å². The van der Waals surface area contributed by atoms with Gasteiger partial charge in [0.05, 0.1) is 17.1 Å². The lowest BCUT2D eigenvalue weighted by Crippen LogP contribution is -2.18. The first-order valence-electron chi connectivity index (χ1n) is 7.25. The fourth-order valence-corrected chi connectivity index (χ4v) is 2.73. The normalized spacial score (nSPS) is 11.3. The third-order valence-electron chi connectivity index (χ3n) is 3.14. The van der Waals surface area contributed by atoms with Crippen molar-refractivity contribution in [1.29, 1.82) is 0 Å². The fraction of sp³-hybridized carbons (Fsp3) is 0.533. The van der Waals surface area contributed by atoms with Crippen LogP contribution in [0.2, 0.25) is 0 Å². The molecule has 0 spiro atoms. The average Bonchev–Trinajstić information content (AvgIpc) is 2.45. The summed E-state index contributed by atoms with van der Waals surface area (Å²) in [5.74, 6) is -0.645. The first-order valence-corrected chi connectivity index (χ1v) is 8.80. The molecule has 0 heterocycles. The summed E-state index contributed by atoms with van der Waals surface area (Å²) in [6.45, 7) is 2.45. The maximum Gasteiger partial charge on any atom is 0.339 e. The van der Waals surface area contributed by atoms with Crippen molar-refractivity contribution in [2.24, 2.45) is 5.14 Å². The van der Waals surface area contributed by atoms with Crippen LogP contribution in [-0.2, 0) is 14.8 Å². The minimum atomic E-state index is -3.92. The Labute approximate surface area is 126 Å². The molecule has 0 unspecified atom stereocenters. The molecule has 0 saturated carbocycles. The number of carbonyl (C=O) groups excluding carboxylic acids is 1. The molecule has 0 radical (unpaired) electrons. The van der Waals surface area contributed by atoms with E-state index in [4.69, 9.17) is 9.88 Å². The first kappa shape index (κ1) is 17.7. The lowest BCUT2D eigenvalue weighted by atomic mass is 10.1. The van der Waals surface area contributed by atoms with Crippen LogP contribution in [0.5, 0.6) is 0 Å². The van der Waals surface area contributed by atoms with Crippen molar-refractivity contribution < 1.29 is 17.9 Å². The second-order valence-electron chi connectivity index (χ2n) is 4.94. The van der Waals surface area contributed by atoms with Crippen LogP contribution in [0.15, 0.2) is 29.2 Å². The van der Waals surface area contributed by atoms with Crippen LogP contribution >= 0.6 is 0 Å². The maximum atomic E-state index is 11.9. The quantitative estimate of drug-likeness (QED) is 0.561. The number of rotatable bonds is 9. The van der Waals surface area contributed by atoms with Gasteiger partial charge in [0.15, 0.2) is 0 Å². The summed E-state index contributed by atoms with van der Waals surface area (Å²) < 4.78 is 27.9. The van der Waals surface area contributed by atoms with E-state index >= 15 is 0 Å². The highest BCUT2D eigenvalue weighted by atomic mass is 32.2. The fourth-order valence-electron chi connectivity index (χ4n) is 2.01. The highest BCUT2D eigenvalue weighted by molar-refractivity contribution is 7.89. The number of hydrogen-bond acceptors (Lipinski definition) is 4. The highest BCUT2D eigenvalue weighted by Gasteiger charge is 2.19. The number of benzene rings is 1. The Kier molecular flexibility index (Phi) is 7.39. The summed E-state index contributed by atoms with van der Waals surface area (Å²) >= 11 is 0. The van der Waals surface area contributed by atoms with Crippen LogP contribution < -0.4 is 5.14 Å². The summed E-state index contributed by atoms with van der Waals surface area (Å²) in [6, 6.07) is 5.81. The van der Waals surface area contributed by atoms with E-state index < -0.39 is 16.0 Å². The van der Waals surface area contributed by atoms with Crippen molar-refractivity contribution in [3.63, 3.8) is 0 Å². The van der Waals surface area contributed by atoms with Gasteiger partial charge in [-0.25, -0.2) is 18.4 Å². The van der Waals surface area contributed by atoms with Gasteiger partial charge in [0.1, 0.15) is 0 Å². The lowest BCUT2D eigenvalue weighted by Gasteiger charge is -2.08. The number of unbranched alkanes of at least 4 members (excludes halogenated alkanes) is 5. The SMILES string of the molecule is CCCCCCCCOC(=O)c1ccccc1S(N)(=O)=O. The van der Waals surface area contributed by atoms with E-state index in [9.17, 15) is 13.2 Å². The molecule has 1 aromatic rings. The molecule has 0 bridgehead atoms. The lowest BCUT2D eigenvalue weighted by molar-refractivity contribution is 0.0493. The van der Waals surface area contributed by atoms with Gasteiger partial charge in [0, 0.05) is 0 Å². The van der Waals surface area contributed by atoms with E-state index in [-0.39, 0.29) is 10.5 Å². The summed E-state index contributed by atoms with van der Waals surface area (Å²) in [5.41, 5.74) is -0.00835. The van der Waals surface area contributed by atoms with E-state index in [1.54, 1.807) is 6.07 Å². The van der Waals surface area contributed by atoms with Crippen molar-refractivity contribution in [3.8, 4) is 0 Å². The van der Waals surface area contributed by atoms with E-state index in [1.165, 1.54) is 37.5 Å². The predicted octanol–water partition coefficient (Wildman–Crippen LogP) is 2.85. The molecule has 0 aliphatic rings. The molecule has 0 saturated heterocycles. The molecule has 0 amide bonds. The van der Waals surface area contributed by atoms with Crippen molar-refractivity contribution in [2.75, 3.05) is 6.61 Å². The molecule has 118 valence electrons. The van der Waals surface area contributed by atoms with Crippen LogP contribution in [0.25, 0.3) is 0 Å². The molecule has 0 aliphatic heterocycles. The standard InChI is InChI=1S/C15H23NO4S/c1-2-3-4-5-6-9-12-20-15(17)13-10-7-8-11-14(13)21(16,18)19/h7-8,10-11H,2-6,9,12H2,1H3,(H2,16,18,19). The zero-order chi connectivity index (χ0) is 15.7. The van der Waals surface area contributed by atoms with Crippen molar-refractivity contribution >= 4 is 16.0 Å². The monoisotopic (exact) mass is 313 g/mol. The van der Waals surface area contributed by atoms with Gasteiger partial charge in [0.2, 0.25) is 10.0 Å². The Bertz CT molecular complexity index is 555. The van der Waals surface area contributed by atoms with Gasteiger partial charge in [-0.2, -0.15) is 0 Å². The molecule has 2 N–H and O–H groups in total. The van der Waals surface area contributed by atoms with Crippen molar-refractivity contribution in [2.45, 2.75) is 50.3 Å². The summed E-state index contributed by atoms with van der Waals surface area (Å²) in [6.07, 6.45) is 6.52. The molecule has 6 heteroatoms. The average molecular weight is 313 g/mol. The van der Waals surface area contributed by atoms with Gasteiger partial charge in [-0.1, -0.05) is 51.2 Å². The van der Waals surface area contributed by atoms with Crippen LogP contribution in [0.1, 0.15) is 55.8 Å². The largest absolute Gasteiger partial charge is 0.462 e. The Hall–Kier alpha value is -1.40. The molecule has 5 nitrogen and oxygen atoms in total. The Balaban J connectivity index is 2.47. The smallest absolute Gasteiger partial charge is 0.339 e. The number of sulfonamides is 1. The molecule has 0 aromatic heterocycles. The third kappa shape index (κ3) is 6.27. The number of carbonyl (C=O) groups is 1. The molecule has 1 aromatic carbocycles. The third-order valence-corrected chi connectivity index (χ3v) is 4.11. The highest BCUT2D eigenvalue weighted by Crippen LogP contribution is 2.15. The maximum absolute atomic E-state index is 11.9. The summed E-state index contributed by atoms with van der Waals surface area (Å²) in [7, 11) is -3.92. The van der Waals surface area contributed by atoms with Crippen LogP contribution in [0.3, 0.4) is 0 Å². The van der Waals surface area contributed by atoms with E-state index in [1.807, 2.05) is 0 Å². The van der Waals surface area contributed by atoms with Gasteiger partial charge < -0.3 is 4.74 Å². The second kappa shape index (κ2) is 8.79.